The van der Waals surface area contributed by atoms with Crippen LogP contribution in [0.25, 0.3) is 0 Å². The average molecular weight is 299 g/mol. The Bertz CT molecular complexity index is 479. The fourth-order valence-corrected chi connectivity index (χ4v) is 2.46. The maximum absolute atomic E-state index is 13.3. The van der Waals surface area contributed by atoms with Crippen molar-refractivity contribution < 1.29 is 19.1 Å². The highest BCUT2D eigenvalue weighted by atomic mass is 32.2. The van der Waals surface area contributed by atoms with Crippen LogP contribution >= 0.6 is 11.8 Å². The van der Waals surface area contributed by atoms with E-state index in [9.17, 15) is 14.0 Å². The van der Waals surface area contributed by atoms with Gasteiger partial charge in [-0.25, -0.2) is 9.18 Å². The first-order valence-electron chi connectivity index (χ1n) is 6.31. The summed E-state index contributed by atoms with van der Waals surface area (Å²) in [7, 11) is 0. The maximum atomic E-state index is 13.3. The summed E-state index contributed by atoms with van der Waals surface area (Å²) in [6.07, 6.45) is 0.148. The molecule has 1 aromatic rings. The molecule has 0 spiro atoms. The molecular formula is C14H18FNO3S. The molecule has 1 atom stereocenters. The van der Waals surface area contributed by atoms with Gasteiger partial charge in [0.2, 0.25) is 5.91 Å². The van der Waals surface area contributed by atoms with E-state index >= 15 is 0 Å². The van der Waals surface area contributed by atoms with Gasteiger partial charge >= 0.3 is 5.97 Å². The number of nitrogens with one attached hydrogen (secondary N) is 1. The van der Waals surface area contributed by atoms with Gasteiger partial charge in [0.25, 0.3) is 0 Å². The lowest BCUT2D eigenvalue weighted by Crippen LogP contribution is -2.44. The Morgan fingerprint density at radius 1 is 1.35 bits per heavy atom. The van der Waals surface area contributed by atoms with Crippen molar-refractivity contribution in [2.75, 3.05) is 5.75 Å². The first-order chi connectivity index (χ1) is 9.41. The molecule has 2 N–H and O–H groups in total. The van der Waals surface area contributed by atoms with Crippen LogP contribution in [0.4, 0.5) is 4.39 Å². The van der Waals surface area contributed by atoms with Crippen LogP contribution in [-0.4, -0.2) is 28.8 Å². The third kappa shape index (κ3) is 5.21. The van der Waals surface area contributed by atoms with Crippen LogP contribution in [0.1, 0.15) is 20.3 Å². The molecule has 1 amide bonds. The average Bonchev–Trinajstić information content (AvgIpc) is 2.37. The molecule has 0 aliphatic heterocycles. The molecule has 0 aliphatic rings. The lowest BCUT2D eigenvalue weighted by atomic mass is 10.0. The Morgan fingerprint density at radius 3 is 2.55 bits per heavy atom. The number of carboxylic acids is 1. The van der Waals surface area contributed by atoms with E-state index in [0.29, 0.717) is 10.6 Å². The topological polar surface area (TPSA) is 66.4 Å². The van der Waals surface area contributed by atoms with E-state index in [4.69, 9.17) is 5.11 Å². The summed E-state index contributed by atoms with van der Waals surface area (Å²) < 4.78 is 13.3. The molecule has 1 rings (SSSR count). The highest BCUT2D eigenvalue weighted by Gasteiger charge is 2.23. The summed E-state index contributed by atoms with van der Waals surface area (Å²) in [6, 6.07) is 5.45. The highest BCUT2D eigenvalue weighted by molar-refractivity contribution is 7.99. The second-order valence-electron chi connectivity index (χ2n) is 4.66. The number of amides is 1. The van der Waals surface area contributed by atoms with Crippen molar-refractivity contribution in [1.29, 1.82) is 0 Å². The second-order valence-corrected chi connectivity index (χ2v) is 5.79. The third-order valence-electron chi connectivity index (χ3n) is 2.67. The molecular weight excluding hydrogens is 281 g/mol. The van der Waals surface area contributed by atoms with Gasteiger partial charge in [0.1, 0.15) is 11.9 Å². The van der Waals surface area contributed by atoms with Crippen molar-refractivity contribution in [3.05, 3.63) is 30.1 Å². The van der Waals surface area contributed by atoms with Gasteiger partial charge in [0, 0.05) is 17.1 Å². The van der Waals surface area contributed by atoms with E-state index in [0.717, 1.165) is 0 Å². The first-order valence-corrected chi connectivity index (χ1v) is 7.30. The van der Waals surface area contributed by atoms with Crippen LogP contribution in [-0.2, 0) is 9.59 Å². The number of rotatable bonds is 7. The number of hydrogen-bond donors (Lipinski definition) is 2. The highest BCUT2D eigenvalue weighted by Crippen LogP contribution is 2.21. The fraction of sp³-hybridized carbons (Fsp3) is 0.429. The number of benzene rings is 1. The minimum absolute atomic E-state index is 0.148. The number of halogens is 1. The summed E-state index contributed by atoms with van der Waals surface area (Å²) in [5.74, 6) is -1.48. The van der Waals surface area contributed by atoms with Gasteiger partial charge in [-0.05, 0) is 18.1 Å². The summed E-state index contributed by atoms with van der Waals surface area (Å²) in [4.78, 5) is 23.1. The minimum Gasteiger partial charge on any atom is -0.480 e. The van der Waals surface area contributed by atoms with E-state index < -0.39 is 12.0 Å². The number of aliphatic carboxylic acids is 1. The smallest absolute Gasteiger partial charge is 0.326 e. The molecule has 0 aliphatic carbocycles. The number of carboxylic acid groups (broad SMARTS) is 1. The van der Waals surface area contributed by atoms with Crippen molar-refractivity contribution >= 4 is 23.6 Å². The Kier molecular flexibility index (Phi) is 6.51. The largest absolute Gasteiger partial charge is 0.480 e. The minimum atomic E-state index is -1.05. The summed E-state index contributed by atoms with van der Waals surface area (Å²) in [6.45, 7) is 3.46. The molecule has 0 heterocycles. The van der Waals surface area contributed by atoms with Gasteiger partial charge in [-0.2, -0.15) is 0 Å². The maximum Gasteiger partial charge on any atom is 0.326 e. The third-order valence-corrected chi connectivity index (χ3v) is 3.72. The molecule has 0 aromatic heterocycles. The Labute approximate surface area is 121 Å². The molecule has 6 heteroatoms. The fourth-order valence-electron chi connectivity index (χ4n) is 1.57. The first kappa shape index (κ1) is 16.5. The van der Waals surface area contributed by atoms with E-state index in [2.05, 4.69) is 5.32 Å². The molecule has 0 unspecified atom stereocenters. The molecule has 0 fully saturated rings. The van der Waals surface area contributed by atoms with Crippen LogP contribution in [0, 0.1) is 11.7 Å². The molecule has 0 bridgehead atoms. The lowest BCUT2D eigenvalue weighted by Gasteiger charge is -2.17. The van der Waals surface area contributed by atoms with Gasteiger partial charge < -0.3 is 10.4 Å². The molecule has 0 saturated carbocycles. The second kappa shape index (κ2) is 7.89. The number of carbonyl (C=O) groups excluding carboxylic acids is 1. The number of thioether (sulfide) groups is 1. The van der Waals surface area contributed by atoms with Crippen molar-refractivity contribution in [2.45, 2.75) is 31.2 Å². The van der Waals surface area contributed by atoms with Crippen molar-refractivity contribution in [1.82, 2.24) is 5.32 Å². The van der Waals surface area contributed by atoms with Gasteiger partial charge in [0.15, 0.2) is 0 Å². The van der Waals surface area contributed by atoms with Crippen molar-refractivity contribution in [3.63, 3.8) is 0 Å². The normalized spacial score (nSPS) is 12.2. The predicted molar refractivity (Wildman–Crippen MR) is 76.1 cm³/mol. The molecule has 20 heavy (non-hydrogen) atoms. The zero-order valence-corrected chi connectivity index (χ0v) is 12.2. The summed E-state index contributed by atoms with van der Waals surface area (Å²) in [5.41, 5.74) is 0. The van der Waals surface area contributed by atoms with E-state index in [1.807, 2.05) is 0 Å². The SMILES string of the molecule is CC(C)[C@H](NC(=O)CCSc1ccccc1F)C(=O)O. The lowest BCUT2D eigenvalue weighted by molar-refractivity contribution is -0.143. The quantitative estimate of drug-likeness (QED) is 0.759. The molecule has 0 radical (unpaired) electrons. The molecule has 1 aromatic carbocycles. The zero-order chi connectivity index (χ0) is 15.1. The number of carbonyl (C=O) groups is 2. The van der Waals surface area contributed by atoms with Crippen LogP contribution in [0.15, 0.2) is 29.2 Å². The van der Waals surface area contributed by atoms with Gasteiger partial charge in [-0.1, -0.05) is 26.0 Å². The summed E-state index contributed by atoms with van der Waals surface area (Å²) >= 11 is 1.24. The Morgan fingerprint density at radius 2 is 2.00 bits per heavy atom. The van der Waals surface area contributed by atoms with Crippen LogP contribution < -0.4 is 5.32 Å². The van der Waals surface area contributed by atoms with Gasteiger partial charge in [-0.3, -0.25) is 4.79 Å². The van der Waals surface area contributed by atoms with E-state index in [1.54, 1.807) is 32.0 Å². The molecule has 4 nitrogen and oxygen atoms in total. The predicted octanol–water partition coefficient (Wildman–Crippen LogP) is 2.53. The molecule has 0 saturated heterocycles. The Balaban J connectivity index is 2.40. The van der Waals surface area contributed by atoms with Crippen molar-refractivity contribution in [3.8, 4) is 0 Å². The zero-order valence-electron chi connectivity index (χ0n) is 11.4. The van der Waals surface area contributed by atoms with E-state index in [1.165, 1.54) is 17.8 Å². The van der Waals surface area contributed by atoms with Crippen LogP contribution in [0.2, 0.25) is 0 Å². The van der Waals surface area contributed by atoms with Crippen LogP contribution in [0.3, 0.4) is 0 Å². The molecule has 110 valence electrons. The van der Waals surface area contributed by atoms with Gasteiger partial charge in [-0.15, -0.1) is 11.8 Å². The monoisotopic (exact) mass is 299 g/mol. The van der Waals surface area contributed by atoms with Crippen LogP contribution in [0.5, 0.6) is 0 Å². The van der Waals surface area contributed by atoms with Crippen molar-refractivity contribution in [2.24, 2.45) is 5.92 Å². The van der Waals surface area contributed by atoms with E-state index in [-0.39, 0.29) is 24.1 Å². The standard InChI is InChI=1S/C14H18FNO3S/c1-9(2)13(14(18)19)16-12(17)7-8-20-11-6-4-3-5-10(11)15/h3-6,9,13H,7-8H2,1-2H3,(H,16,17)(H,18,19)/t13-/m0/s1. The Hall–Kier alpha value is -1.56. The summed E-state index contributed by atoms with van der Waals surface area (Å²) in [5, 5.41) is 11.4. The van der Waals surface area contributed by atoms with Gasteiger partial charge in [0.05, 0.1) is 0 Å². The number of hydrogen-bond acceptors (Lipinski definition) is 3.